The van der Waals surface area contributed by atoms with Crippen LogP contribution in [0.5, 0.6) is 0 Å². The number of fused-ring (bicyclic) bond motifs is 1. The first-order chi connectivity index (χ1) is 13.7. The van der Waals surface area contributed by atoms with E-state index >= 15 is 0 Å². The van der Waals surface area contributed by atoms with E-state index in [4.69, 9.17) is 0 Å². The van der Waals surface area contributed by atoms with Crippen molar-refractivity contribution in [3.05, 3.63) is 88.0 Å². The standard InChI is InChI=1S/C22H14F4N2O/c1-12-3-2-4-16-19(12)27-20(28-21(16)29)14-7-5-13(6-8-14)17-11-15(22(24,25)26)9-10-18(17)23/h2-11H,1H3,(H,27,28,29). The Bertz CT molecular complexity index is 1270. The van der Waals surface area contributed by atoms with Gasteiger partial charge in [0, 0.05) is 11.1 Å². The topological polar surface area (TPSA) is 45.8 Å². The third-order valence-electron chi connectivity index (χ3n) is 4.70. The molecule has 29 heavy (non-hydrogen) atoms. The Hall–Kier alpha value is -3.48. The van der Waals surface area contributed by atoms with Crippen molar-refractivity contribution in [2.45, 2.75) is 13.1 Å². The third-order valence-corrected chi connectivity index (χ3v) is 4.70. The molecule has 146 valence electrons. The summed E-state index contributed by atoms with van der Waals surface area (Å²) in [6, 6.07) is 13.7. The lowest BCUT2D eigenvalue weighted by atomic mass is 10.0. The molecule has 7 heteroatoms. The van der Waals surface area contributed by atoms with Gasteiger partial charge in [-0.25, -0.2) is 9.37 Å². The molecule has 0 radical (unpaired) electrons. The molecule has 0 saturated heterocycles. The van der Waals surface area contributed by atoms with Crippen molar-refractivity contribution in [3.63, 3.8) is 0 Å². The average Bonchev–Trinajstić information content (AvgIpc) is 2.68. The first-order valence-corrected chi connectivity index (χ1v) is 8.71. The number of alkyl halides is 3. The fourth-order valence-electron chi connectivity index (χ4n) is 3.17. The van der Waals surface area contributed by atoms with Crippen LogP contribution in [0, 0.1) is 12.7 Å². The Balaban J connectivity index is 1.77. The SMILES string of the molecule is Cc1cccc2c(=O)[nH]c(-c3ccc(-c4cc(C(F)(F)F)ccc4F)cc3)nc12. The summed E-state index contributed by atoms with van der Waals surface area (Å²) in [6.45, 7) is 1.85. The van der Waals surface area contributed by atoms with E-state index in [1.54, 1.807) is 24.3 Å². The van der Waals surface area contributed by atoms with Gasteiger partial charge >= 0.3 is 6.18 Å². The Kier molecular flexibility index (Phi) is 4.45. The Morgan fingerprint density at radius 1 is 0.931 bits per heavy atom. The molecule has 0 bridgehead atoms. The molecule has 3 nitrogen and oxygen atoms in total. The number of hydrogen-bond acceptors (Lipinski definition) is 2. The number of aryl methyl sites for hydroxylation is 1. The van der Waals surface area contributed by atoms with E-state index in [1.165, 1.54) is 12.1 Å². The normalized spacial score (nSPS) is 11.8. The number of nitrogens with zero attached hydrogens (tertiary/aromatic N) is 1. The molecule has 0 aliphatic rings. The minimum absolute atomic E-state index is 0.151. The van der Waals surface area contributed by atoms with Crippen molar-refractivity contribution in [2.75, 3.05) is 0 Å². The summed E-state index contributed by atoms with van der Waals surface area (Å²) in [7, 11) is 0. The number of aromatic nitrogens is 2. The van der Waals surface area contributed by atoms with E-state index < -0.39 is 17.6 Å². The molecule has 0 amide bonds. The molecule has 4 aromatic rings. The minimum atomic E-state index is -4.56. The molecule has 1 heterocycles. The fourth-order valence-corrected chi connectivity index (χ4v) is 3.17. The lowest BCUT2D eigenvalue weighted by Crippen LogP contribution is -2.10. The average molecular weight is 398 g/mol. The van der Waals surface area contributed by atoms with E-state index in [0.29, 0.717) is 28.4 Å². The predicted octanol–water partition coefficient (Wildman–Crippen LogP) is 5.72. The maximum atomic E-state index is 14.1. The van der Waals surface area contributed by atoms with E-state index in [2.05, 4.69) is 9.97 Å². The van der Waals surface area contributed by atoms with Gasteiger partial charge in [0.05, 0.1) is 16.5 Å². The molecule has 0 saturated carbocycles. The third kappa shape index (κ3) is 3.51. The summed E-state index contributed by atoms with van der Waals surface area (Å²) >= 11 is 0. The zero-order valence-corrected chi connectivity index (χ0v) is 15.1. The fraction of sp³-hybridized carbons (Fsp3) is 0.0909. The molecule has 0 unspecified atom stereocenters. The van der Waals surface area contributed by atoms with Crippen molar-refractivity contribution in [1.29, 1.82) is 0 Å². The van der Waals surface area contributed by atoms with Crippen molar-refractivity contribution in [2.24, 2.45) is 0 Å². The van der Waals surface area contributed by atoms with Crippen LogP contribution in [0.15, 0.2) is 65.5 Å². The highest BCUT2D eigenvalue weighted by molar-refractivity contribution is 5.82. The number of halogens is 4. The monoisotopic (exact) mass is 398 g/mol. The summed E-state index contributed by atoms with van der Waals surface area (Å²) in [5, 5.41) is 0.469. The van der Waals surface area contributed by atoms with Crippen molar-refractivity contribution < 1.29 is 17.6 Å². The van der Waals surface area contributed by atoms with Crippen LogP contribution in [-0.2, 0) is 6.18 Å². The lowest BCUT2D eigenvalue weighted by molar-refractivity contribution is -0.137. The van der Waals surface area contributed by atoms with Gasteiger partial charge in [-0.2, -0.15) is 13.2 Å². The van der Waals surface area contributed by atoms with Crippen LogP contribution in [0.2, 0.25) is 0 Å². The molecule has 0 aliphatic carbocycles. The summed E-state index contributed by atoms with van der Waals surface area (Å²) in [4.78, 5) is 19.5. The molecule has 1 aromatic heterocycles. The highest BCUT2D eigenvalue weighted by Gasteiger charge is 2.31. The molecular weight excluding hydrogens is 384 g/mol. The van der Waals surface area contributed by atoms with Gasteiger partial charge in [0.25, 0.3) is 5.56 Å². The summed E-state index contributed by atoms with van der Waals surface area (Å²) in [6.07, 6.45) is -4.56. The maximum Gasteiger partial charge on any atom is 0.416 e. The number of nitrogens with one attached hydrogen (secondary N) is 1. The van der Waals surface area contributed by atoms with Crippen molar-refractivity contribution >= 4 is 10.9 Å². The van der Waals surface area contributed by atoms with Gasteiger partial charge in [0.2, 0.25) is 0 Å². The van der Waals surface area contributed by atoms with E-state index in [1.807, 2.05) is 13.0 Å². The van der Waals surface area contributed by atoms with Crippen LogP contribution in [0.4, 0.5) is 17.6 Å². The van der Waals surface area contributed by atoms with Gasteiger partial charge < -0.3 is 4.98 Å². The van der Waals surface area contributed by atoms with Crippen LogP contribution in [0.1, 0.15) is 11.1 Å². The van der Waals surface area contributed by atoms with Crippen LogP contribution < -0.4 is 5.56 Å². The van der Waals surface area contributed by atoms with Crippen LogP contribution in [0.3, 0.4) is 0 Å². The number of aromatic amines is 1. The summed E-state index contributed by atoms with van der Waals surface area (Å²) in [5.41, 5.74) is 0.898. The molecule has 3 aromatic carbocycles. The van der Waals surface area contributed by atoms with Crippen LogP contribution >= 0.6 is 0 Å². The largest absolute Gasteiger partial charge is 0.416 e. The van der Waals surface area contributed by atoms with Gasteiger partial charge in [0.15, 0.2) is 0 Å². The predicted molar refractivity (Wildman–Crippen MR) is 103 cm³/mol. The number of rotatable bonds is 2. The Morgan fingerprint density at radius 2 is 1.62 bits per heavy atom. The van der Waals surface area contributed by atoms with Gasteiger partial charge in [-0.15, -0.1) is 0 Å². The van der Waals surface area contributed by atoms with Crippen LogP contribution in [-0.4, -0.2) is 9.97 Å². The second-order valence-corrected chi connectivity index (χ2v) is 6.66. The lowest BCUT2D eigenvalue weighted by Gasteiger charge is -2.11. The van der Waals surface area contributed by atoms with Crippen LogP contribution in [0.25, 0.3) is 33.4 Å². The van der Waals surface area contributed by atoms with Gasteiger partial charge in [-0.3, -0.25) is 4.79 Å². The zero-order valence-electron chi connectivity index (χ0n) is 15.1. The van der Waals surface area contributed by atoms with E-state index in [0.717, 1.165) is 17.7 Å². The number of H-pyrrole nitrogens is 1. The first kappa shape index (κ1) is 18.9. The van der Waals surface area contributed by atoms with E-state index in [-0.39, 0.29) is 16.7 Å². The van der Waals surface area contributed by atoms with E-state index in [9.17, 15) is 22.4 Å². The smallest absolute Gasteiger partial charge is 0.306 e. The first-order valence-electron chi connectivity index (χ1n) is 8.71. The Labute approximate surface area is 162 Å². The van der Waals surface area contributed by atoms with Gasteiger partial charge in [-0.1, -0.05) is 36.4 Å². The number of hydrogen-bond donors (Lipinski definition) is 1. The molecule has 0 spiro atoms. The minimum Gasteiger partial charge on any atom is -0.306 e. The summed E-state index contributed by atoms with van der Waals surface area (Å²) in [5.74, 6) is -0.425. The van der Waals surface area contributed by atoms with Gasteiger partial charge in [0.1, 0.15) is 11.6 Å². The number of para-hydroxylation sites is 1. The maximum absolute atomic E-state index is 14.1. The summed E-state index contributed by atoms with van der Waals surface area (Å²) < 4.78 is 52.9. The molecule has 0 fully saturated rings. The van der Waals surface area contributed by atoms with Crippen molar-refractivity contribution in [3.8, 4) is 22.5 Å². The second-order valence-electron chi connectivity index (χ2n) is 6.66. The zero-order chi connectivity index (χ0) is 20.8. The highest BCUT2D eigenvalue weighted by Crippen LogP contribution is 2.34. The van der Waals surface area contributed by atoms with Crippen molar-refractivity contribution in [1.82, 2.24) is 9.97 Å². The molecule has 0 aliphatic heterocycles. The quantitative estimate of drug-likeness (QED) is 0.439. The molecular formula is C22H14F4N2O. The molecule has 1 N–H and O–H groups in total. The Morgan fingerprint density at radius 3 is 2.31 bits per heavy atom. The molecule has 4 rings (SSSR count). The second kappa shape index (κ2) is 6.84. The number of benzene rings is 3. The molecule has 0 atom stereocenters. The van der Waals surface area contributed by atoms with Gasteiger partial charge in [-0.05, 0) is 42.3 Å². The highest BCUT2D eigenvalue weighted by atomic mass is 19.4.